The number of benzene rings is 2. The van der Waals surface area contributed by atoms with Crippen LogP contribution in [0.3, 0.4) is 0 Å². The molecule has 3 rings (SSSR count). The number of nitrogens with one attached hydrogen (secondary N) is 1. The Balaban J connectivity index is 2.03. The van der Waals surface area contributed by atoms with Crippen molar-refractivity contribution in [3.8, 4) is 0 Å². The van der Waals surface area contributed by atoms with Crippen LogP contribution in [-0.4, -0.2) is 6.54 Å². The molecule has 0 aliphatic carbocycles. The minimum Gasteiger partial charge on any atom is -0.459 e. The number of halogens is 1. The van der Waals surface area contributed by atoms with Crippen LogP contribution in [0.15, 0.2) is 59.0 Å². The molecule has 0 bridgehead atoms. The maximum atomic E-state index is 13.1. The molecular weight excluding hydrogens is 253 g/mol. The second kappa shape index (κ2) is 5.47. The van der Waals surface area contributed by atoms with Crippen molar-refractivity contribution in [1.29, 1.82) is 0 Å². The maximum absolute atomic E-state index is 13.1. The second-order valence-electron chi connectivity index (χ2n) is 4.73. The van der Waals surface area contributed by atoms with Crippen molar-refractivity contribution < 1.29 is 8.81 Å². The summed E-state index contributed by atoms with van der Waals surface area (Å²) in [6.07, 6.45) is 0. The Morgan fingerprint density at radius 1 is 1.10 bits per heavy atom. The predicted molar refractivity (Wildman–Crippen MR) is 78.1 cm³/mol. The topological polar surface area (TPSA) is 25.2 Å². The van der Waals surface area contributed by atoms with Crippen LogP contribution in [0.2, 0.25) is 0 Å². The molecule has 2 nitrogen and oxygen atoms in total. The van der Waals surface area contributed by atoms with Gasteiger partial charge in [0.1, 0.15) is 17.2 Å². The Bertz CT molecular complexity index is 669. The zero-order valence-electron chi connectivity index (χ0n) is 11.3. The Morgan fingerprint density at radius 3 is 2.55 bits per heavy atom. The molecule has 1 heterocycles. The molecule has 0 spiro atoms. The fraction of sp³-hybridized carbons (Fsp3) is 0.176. The molecule has 2 aromatic carbocycles. The highest BCUT2D eigenvalue weighted by Gasteiger charge is 2.17. The lowest BCUT2D eigenvalue weighted by atomic mass is 10.0. The molecule has 102 valence electrons. The van der Waals surface area contributed by atoms with Crippen molar-refractivity contribution in [3.05, 3.63) is 71.7 Å². The van der Waals surface area contributed by atoms with Gasteiger partial charge in [-0.2, -0.15) is 0 Å². The summed E-state index contributed by atoms with van der Waals surface area (Å²) in [6, 6.07) is 16.4. The van der Waals surface area contributed by atoms with Crippen LogP contribution in [-0.2, 0) is 0 Å². The average molecular weight is 269 g/mol. The lowest BCUT2D eigenvalue weighted by Crippen LogP contribution is -2.21. The molecule has 3 heteroatoms. The minimum atomic E-state index is -0.228. The third-order valence-corrected chi connectivity index (χ3v) is 3.34. The minimum absolute atomic E-state index is 0.0620. The maximum Gasteiger partial charge on any atom is 0.134 e. The normalized spacial score (nSPS) is 12.7. The van der Waals surface area contributed by atoms with Gasteiger partial charge in [-0.1, -0.05) is 37.3 Å². The highest BCUT2D eigenvalue weighted by molar-refractivity contribution is 5.77. The molecular formula is C17H16FNO. The molecule has 0 aliphatic rings. The summed E-state index contributed by atoms with van der Waals surface area (Å²) in [6.45, 7) is 2.85. The number of rotatable bonds is 4. The van der Waals surface area contributed by atoms with Crippen LogP contribution >= 0.6 is 0 Å². The number of fused-ring (bicyclic) bond motifs is 1. The molecule has 0 aliphatic heterocycles. The largest absolute Gasteiger partial charge is 0.459 e. The Labute approximate surface area is 117 Å². The SMILES string of the molecule is CCNC(c1ccc(F)cc1)c1cc2ccccc2o1. The number of furan rings is 1. The van der Waals surface area contributed by atoms with Gasteiger partial charge in [0, 0.05) is 5.39 Å². The predicted octanol–water partition coefficient (Wildman–Crippen LogP) is 4.27. The standard InChI is InChI=1S/C17H16FNO/c1-2-19-17(12-7-9-14(18)10-8-12)16-11-13-5-3-4-6-15(13)20-16/h3-11,17,19H,2H2,1H3. The molecule has 3 aromatic rings. The van der Waals surface area contributed by atoms with E-state index in [4.69, 9.17) is 4.42 Å². The Morgan fingerprint density at radius 2 is 1.85 bits per heavy atom. The summed E-state index contributed by atoms with van der Waals surface area (Å²) in [5.41, 5.74) is 1.86. The summed E-state index contributed by atoms with van der Waals surface area (Å²) < 4.78 is 19.0. The van der Waals surface area contributed by atoms with Gasteiger partial charge >= 0.3 is 0 Å². The van der Waals surface area contributed by atoms with E-state index in [2.05, 4.69) is 5.32 Å². The molecule has 1 aromatic heterocycles. The molecule has 0 fully saturated rings. The second-order valence-corrected chi connectivity index (χ2v) is 4.73. The van der Waals surface area contributed by atoms with Gasteiger partial charge in [-0.25, -0.2) is 4.39 Å². The number of hydrogen-bond acceptors (Lipinski definition) is 2. The van der Waals surface area contributed by atoms with Crippen molar-refractivity contribution in [2.24, 2.45) is 0 Å². The van der Waals surface area contributed by atoms with Crippen LogP contribution in [0.25, 0.3) is 11.0 Å². The van der Waals surface area contributed by atoms with Gasteiger partial charge in [0.15, 0.2) is 0 Å². The quantitative estimate of drug-likeness (QED) is 0.765. The van der Waals surface area contributed by atoms with Crippen LogP contribution in [0.4, 0.5) is 4.39 Å². The first kappa shape index (κ1) is 12.9. The van der Waals surface area contributed by atoms with Crippen molar-refractivity contribution in [1.82, 2.24) is 5.32 Å². The van der Waals surface area contributed by atoms with E-state index in [0.29, 0.717) is 0 Å². The number of hydrogen-bond donors (Lipinski definition) is 1. The first-order valence-electron chi connectivity index (χ1n) is 6.75. The van der Waals surface area contributed by atoms with E-state index in [9.17, 15) is 4.39 Å². The van der Waals surface area contributed by atoms with E-state index in [1.165, 1.54) is 12.1 Å². The van der Waals surface area contributed by atoms with Gasteiger partial charge in [0.25, 0.3) is 0 Å². The van der Waals surface area contributed by atoms with Crippen molar-refractivity contribution in [2.75, 3.05) is 6.54 Å². The highest BCUT2D eigenvalue weighted by atomic mass is 19.1. The first-order chi connectivity index (χ1) is 9.78. The van der Waals surface area contributed by atoms with E-state index in [1.54, 1.807) is 12.1 Å². The van der Waals surface area contributed by atoms with Crippen LogP contribution in [0, 0.1) is 5.82 Å². The summed E-state index contributed by atoms with van der Waals surface area (Å²) >= 11 is 0. The monoisotopic (exact) mass is 269 g/mol. The van der Waals surface area contributed by atoms with Gasteiger partial charge in [0.2, 0.25) is 0 Å². The van der Waals surface area contributed by atoms with Crippen LogP contribution in [0.1, 0.15) is 24.3 Å². The van der Waals surface area contributed by atoms with Gasteiger partial charge < -0.3 is 9.73 Å². The molecule has 0 saturated heterocycles. The zero-order valence-corrected chi connectivity index (χ0v) is 11.3. The molecule has 0 saturated carbocycles. The van der Waals surface area contributed by atoms with E-state index >= 15 is 0 Å². The third kappa shape index (κ3) is 2.45. The number of para-hydroxylation sites is 1. The van der Waals surface area contributed by atoms with Crippen molar-refractivity contribution in [2.45, 2.75) is 13.0 Å². The molecule has 1 atom stereocenters. The van der Waals surface area contributed by atoms with Gasteiger partial charge in [0.05, 0.1) is 6.04 Å². The van der Waals surface area contributed by atoms with Gasteiger partial charge in [-0.15, -0.1) is 0 Å². The van der Waals surface area contributed by atoms with E-state index in [-0.39, 0.29) is 11.9 Å². The first-order valence-corrected chi connectivity index (χ1v) is 6.75. The van der Waals surface area contributed by atoms with Gasteiger partial charge in [-0.05, 0) is 36.4 Å². The Kier molecular flexibility index (Phi) is 3.52. The summed E-state index contributed by atoms with van der Waals surface area (Å²) in [5, 5.41) is 4.46. The lowest BCUT2D eigenvalue weighted by molar-refractivity contribution is 0.476. The molecule has 20 heavy (non-hydrogen) atoms. The van der Waals surface area contributed by atoms with Gasteiger partial charge in [-0.3, -0.25) is 0 Å². The lowest BCUT2D eigenvalue weighted by Gasteiger charge is -2.15. The zero-order chi connectivity index (χ0) is 13.9. The summed E-state index contributed by atoms with van der Waals surface area (Å²) in [7, 11) is 0. The molecule has 0 radical (unpaired) electrons. The van der Waals surface area contributed by atoms with Crippen LogP contribution in [0.5, 0.6) is 0 Å². The third-order valence-electron chi connectivity index (χ3n) is 3.34. The smallest absolute Gasteiger partial charge is 0.134 e. The fourth-order valence-electron chi connectivity index (χ4n) is 2.39. The summed E-state index contributed by atoms with van der Waals surface area (Å²) in [4.78, 5) is 0. The molecule has 0 amide bonds. The highest BCUT2D eigenvalue weighted by Crippen LogP contribution is 2.28. The fourth-order valence-corrected chi connectivity index (χ4v) is 2.39. The Hall–Kier alpha value is -2.13. The summed E-state index contributed by atoms with van der Waals surface area (Å²) in [5.74, 6) is 0.619. The molecule has 1 unspecified atom stereocenters. The average Bonchev–Trinajstić information content (AvgIpc) is 2.89. The van der Waals surface area contributed by atoms with Crippen molar-refractivity contribution >= 4 is 11.0 Å². The molecule has 1 N–H and O–H groups in total. The van der Waals surface area contributed by atoms with E-state index < -0.39 is 0 Å². The van der Waals surface area contributed by atoms with Crippen molar-refractivity contribution in [3.63, 3.8) is 0 Å². The van der Waals surface area contributed by atoms with E-state index in [0.717, 1.165) is 28.8 Å². The van der Waals surface area contributed by atoms with E-state index in [1.807, 2.05) is 37.3 Å². The van der Waals surface area contributed by atoms with Crippen LogP contribution < -0.4 is 5.32 Å².